The number of nitrogens with zero attached hydrogens (tertiary/aromatic N) is 6. The van der Waals surface area contributed by atoms with Crippen molar-refractivity contribution in [2.24, 2.45) is 2.92 Å². The molecule has 0 aromatic rings. The van der Waals surface area contributed by atoms with Gasteiger partial charge in [0.15, 0.2) is 0 Å². The molecule has 0 N–H and O–H groups in total. The van der Waals surface area contributed by atoms with Crippen LogP contribution in [0.15, 0.2) is 2.92 Å². The van der Waals surface area contributed by atoms with E-state index in [0.717, 1.165) is 0 Å². The minimum atomic E-state index is 0. The second-order valence-electron chi connectivity index (χ2n) is 0.294. The van der Waals surface area contributed by atoms with E-state index < -0.39 is 0 Å². The molecule has 0 unspecified atom stereocenters. The maximum atomic E-state index is 7.38. The number of rotatable bonds is 0. The first-order valence-corrected chi connectivity index (χ1v) is 3.07. The van der Waals surface area contributed by atoms with Crippen LogP contribution in [0.2, 0.25) is 0 Å². The van der Waals surface area contributed by atoms with Crippen molar-refractivity contribution >= 4 is 26.1 Å². The molecule has 0 aromatic carbocycles. The van der Waals surface area contributed by atoms with Crippen molar-refractivity contribution < 1.29 is 17.1 Å². The molecule has 0 rings (SSSR count). The molecule has 0 fully saturated rings. The van der Waals surface area contributed by atoms with Crippen LogP contribution in [0.4, 0.5) is 0 Å². The van der Waals surface area contributed by atoms with E-state index in [0.29, 0.717) is 26.1 Å². The molecule has 0 spiro atoms. The quantitative estimate of drug-likeness (QED) is 0.267. The molecule has 0 atom stereocenters. The predicted molar refractivity (Wildman–Crippen MR) is 26.4 cm³/mol. The Kier molecular flexibility index (Phi) is 54.3. The summed E-state index contributed by atoms with van der Waals surface area (Å²) in [7, 11) is 0. The van der Waals surface area contributed by atoms with E-state index in [9.17, 15) is 0 Å². The van der Waals surface area contributed by atoms with E-state index in [1.807, 2.05) is 0 Å². The molecule has 8 heteroatoms. The first-order valence-electron chi connectivity index (χ1n) is 1.06. The molecule has 0 aliphatic heterocycles. The zero-order valence-corrected chi connectivity index (χ0v) is 8.99. The van der Waals surface area contributed by atoms with Crippen LogP contribution in [0.3, 0.4) is 0 Å². The average Bonchev–Trinajstić information content (AvgIpc) is 1.69. The van der Waals surface area contributed by atoms with E-state index >= 15 is 0 Å². The summed E-state index contributed by atoms with van der Waals surface area (Å²) in [6, 6.07) is 0. The standard InChI is InChI=1S/Cu.2N3.Pb.H/c;2*1-3-2;;/q+1;2*-1;+1;. The molecule has 0 aromatic heterocycles. The Morgan fingerprint density at radius 2 is 1.38 bits per heavy atom. The van der Waals surface area contributed by atoms with Gasteiger partial charge in [-0.15, -0.1) is 0 Å². The molecule has 0 bridgehead atoms. The molecule has 0 saturated heterocycles. The van der Waals surface area contributed by atoms with Crippen LogP contribution in [0, 0.1) is 0 Å². The fraction of sp³-hybridized carbons (Fsp3) is 0. The summed E-state index contributed by atoms with van der Waals surface area (Å²) in [5.74, 6) is 0. The number of hydrogen-bond acceptors (Lipinski definition) is 1. The zero-order valence-electron chi connectivity index (χ0n) is 3.56. The zero-order chi connectivity index (χ0) is 6.12. The second kappa shape index (κ2) is 27.7. The monoisotopic (exact) mass is 356 g/mol. The van der Waals surface area contributed by atoms with Gasteiger partial charge in [0.1, 0.15) is 0 Å². The van der Waals surface area contributed by atoms with Gasteiger partial charge < -0.3 is 11.1 Å². The third-order valence-electron chi connectivity index (χ3n) is 0.0516. The summed E-state index contributed by atoms with van der Waals surface area (Å²) in [6.07, 6.45) is 0. The van der Waals surface area contributed by atoms with Crippen molar-refractivity contribution in [2.45, 2.75) is 0 Å². The fourth-order valence-electron chi connectivity index (χ4n) is 0. The Labute approximate surface area is 72.3 Å². The van der Waals surface area contributed by atoms with Gasteiger partial charge in [-0.25, -0.2) is 0 Å². The fourth-order valence-corrected chi connectivity index (χ4v) is 0. The van der Waals surface area contributed by atoms with Crippen molar-refractivity contribution in [3.05, 3.63) is 26.4 Å². The summed E-state index contributed by atoms with van der Waals surface area (Å²) in [5, 5.41) is 0. The van der Waals surface area contributed by atoms with Gasteiger partial charge in [-0.05, 0) is 0 Å². The van der Waals surface area contributed by atoms with Crippen LogP contribution in [0.1, 0.15) is 0 Å². The van der Waals surface area contributed by atoms with E-state index in [1.165, 1.54) is 4.91 Å². The molecular formula is HCuN6Pb. The Bertz CT molecular complexity index is 95.1. The average molecular weight is 356 g/mol. The Hall–Kier alpha value is 0.0616. The first kappa shape index (κ1) is 15.7. The van der Waals surface area contributed by atoms with Crippen molar-refractivity contribution in [1.29, 1.82) is 0 Å². The van der Waals surface area contributed by atoms with Crippen LogP contribution in [0.25, 0.3) is 26.4 Å². The normalized spacial score (nSPS) is 3.12. The molecular weight excluding hydrogens is 355 g/mol. The molecule has 6 nitrogen and oxygen atoms in total. The Morgan fingerprint density at radius 3 is 1.38 bits per heavy atom. The van der Waals surface area contributed by atoms with Gasteiger partial charge in [0.2, 0.25) is 0 Å². The van der Waals surface area contributed by atoms with Gasteiger partial charge in [-0.2, -0.15) is 0 Å². The third kappa shape index (κ3) is 138. The van der Waals surface area contributed by atoms with Crippen molar-refractivity contribution in [3.8, 4) is 0 Å². The summed E-state index contributed by atoms with van der Waals surface area (Å²) >= 11 is 0.440. The number of hydrogen-bond donors (Lipinski definition) is 0. The first-order chi connectivity index (χ1) is 3.33. The van der Waals surface area contributed by atoms with Crippen molar-refractivity contribution in [2.75, 3.05) is 0 Å². The molecule has 0 amide bonds. The van der Waals surface area contributed by atoms with Gasteiger partial charge in [0.25, 0.3) is 0 Å². The Balaban J connectivity index is -0.0000000575. The molecule has 2 radical (unpaired) electrons. The van der Waals surface area contributed by atoms with Crippen LogP contribution in [-0.2, 0) is 17.1 Å². The summed E-state index contributed by atoms with van der Waals surface area (Å²) in [5.41, 5.74) is 20.9. The van der Waals surface area contributed by atoms with Crippen molar-refractivity contribution in [1.82, 2.24) is 0 Å². The van der Waals surface area contributed by atoms with E-state index in [1.54, 1.807) is 0 Å². The van der Waals surface area contributed by atoms with Crippen LogP contribution in [0.5, 0.6) is 0 Å². The van der Waals surface area contributed by atoms with Crippen molar-refractivity contribution in [3.63, 3.8) is 0 Å². The molecule has 46 valence electrons. The SMILES string of the molecule is [Cu+].[N-]=[N+]=[N-].[N-]=[N+]=[N][PbH]. The number of azide groups is 1. The Morgan fingerprint density at radius 1 is 1.25 bits per heavy atom. The van der Waals surface area contributed by atoms with Gasteiger partial charge >= 0.3 is 56.5 Å². The van der Waals surface area contributed by atoms with Gasteiger partial charge in [0, 0.05) is 0 Å². The van der Waals surface area contributed by atoms with E-state index in [4.69, 9.17) is 16.6 Å². The van der Waals surface area contributed by atoms with Crippen LogP contribution >= 0.6 is 0 Å². The summed E-state index contributed by atoms with van der Waals surface area (Å²) in [4.78, 5) is 3.94. The summed E-state index contributed by atoms with van der Waals surface area (Å²) < 4.78 is 3.08. The minimum absolute atomic E-state index is 0. The molecule has 0 saturated carbocycles. The third-order valence-corrected chi connectivity index (χ3v) is 0.453. The molecule has 0 heterocycles. The van der Waals surface area contributed by atoms with Crippen LogP contribution in [-0.4, -0.2) is 26.1 Å². The second-order valence-corrected chi connectivity index (χ2v) is 1.19. The molecule has 8 heavy (non-hydrogen) atoms. The predicted octanol–water partition coefficient (Wildman–Crippen LogP) is 0.976. The topological polar surface area (TPSA) is 107 Å². The van der Waals surface area contributed by atoms with E-state index in [-0.39, 0.29) is 17.1 Å². The van der Waals surface area contributed by atoms with Crippen LogP contribution < -0.4 is 0 Å². The maximum absolute atomic E-state index is 7.38. The summed E-state index contributed by atoms with van der Waals surface area (Å²) in [6.45, 7) is 0. The molecule has 0 aliphatic rings. The van der Waals surface area contributed by atoms with Gasteiger partial charge in [-0.1, -0.05) is 0 Å². The van der Waals surface area contributed by atoms with E-state index in [2.05, 4.69) is 7.84 Å². The van der Waals surface area contributed by atoms with Gasteiger partial charge in [-0.3, -0.25) is 4.91 Å². The van der Waals surface area contributed by atoms with Gasteiger partial charge in [0.05, 0.1) is 0 Å². The molecule has 0 aliphatic carbocycles.